The van der Waals surface area contributed by atoms with Crippen LogP contribution in [0.15, 0.2) is 41.3 Å². The van der Waals surface area contributed by atoms with Crippen LogP contribution < -0.4 is 10.2 Å². The first-order valence-corrected chi connectivity index (χ1v) is 12.8. The maximum atomic E-state index is 12.7. The molecule has 176 valence electrons. The van der Waals surface area contributed by atoms with E-state index >= 15 is 0 Å². The number of nitrogens with zero attached hydrogens (tertiary/aromatic N) is 4. The van der Waals surface area contributed by atoms with Crippen molar-refractivity contribution < 1.29 is 13.2 Å². The molecule has 1 aliphatic rings. The molecule has 0 radical (unpaired) electrons. The lowest BCUT2D eigenvalue weighted by Gasteiger charge is -2.17. The third kappa shape index (κ3) is 4.47. The van der Waals surface area contributed by atoms with E-state index in [-0.39, 0.29) is 10.8 Å². The Bertz CT molecular complexity index is 1300. The number of likely N-dealkylation sites (N-methyl/N-ethyl adjacent to an activating group) is 1. The third-order valence-electron chi connectivity index (χ3n) is 6.21. The molecule has 1 aliphatic heterocycles. The Labute approximate surface area is 195 Å². The van der Waals surface area contributed by atoms with Crippen LogP contribution in [-0.4, -0.2) is 55.4 Å². The number of fused-ring (bicyclic) bond motifs is 2. The molecule has 2 heterocycles. The van der Waals surface area contributed by atoms with Gasteiger partial charge in [-0.25, -0.2) is 17.7 Å². The predicted molar refractivity (Wildman–Crippen MR) is 131 cm³/mol. The second-order valence-corrected chi connectivity index (χ2v) is 10.6. The molecule has 4 rings (SSSR count). The Kier molecular flexibility index (Phi) is 6.45. The summed E-state index contributed by atoms with van der Waals surface area (Å²) < 4.78 is 28.2. The van der Waals surface area contributed by atoms with Crippen molar-refractivity contribution in [3.05, 3.63) is 47.8 Å². The van der Waals surface area contributed by atoms with Gasteiger partial charge in [-0.15, -0.1) is 0 Å². The van der Waals surface area contributed by atoms with Gasteiger partial charge >= 0.3 is 0 Å². The number of hydrogen-bond acceptors (Lipinski definition) is 5. The SMILES string of the molecule is CCN1CCc2ccc(NC(=O)CCc3nc4cc(S(=O)(=O)N(C)C)ccc4n3CC)cc21. The van der Waals surface area contributed by atoms with Crippen LogP contribution in [0.1, 0.15) is 31.7 Å². The van der Waals surface area contributed by atoms with Gasteiger partial charge in [0.25, 0.3) is 0 Å². The van der Waals surface area contributed by atoms with Crippen molar-refractivity contribution in [2.24, 2.45) is 0 Å². The first kappa shape index (κ1) is 23.3. The van der Waals surface area contributed by atoms with Crippen molar-refractivity contribution >= 4 is 38.3 Å². The van der Waals surface area contributed by atoms with Crippen molar-refractivity contribution in [2.75, 3.05) is 37.4 Å². The van der Waals surface area contributed by atoms with Crippen LogP contribution in [0, 0.1) is 0 Å². The van der Waals surface area contributed by atoms with E-state index in [0.717, 1.165) is 36.5 Å². The minimum atomic E-state index is -3.53. The summed E-state index contributed by atoms with van der Waals surface area (Å²) >= 11 is 0. The van der Waals surface area contributed by atoms with Crippen LogP contribution >= 0.6 is 0 Å². The summed E-state index contributed by atoms with van der Waals surface area (Å²) in [6.07, 6.45) is 1.80. The molecule has 0 spiro atoms. The van der Waals surface area contributed by atoms with Gasteiger partial charge in [0.2, 0.25) is 15.9 Å². The number of rotatable bonds is 8. The zero-order chi connectivity index (χ0) is 23.8. The molecular formula is C24H31N5O3S. The molecule has 1 amide bonds. The molecule has 0 aliphatic carbocycles. The normalized spacial score (nSPS) is 13.7. The molecule has 8 nitrogen and oxygen atoms in total. The van der Waals surface area contributed by atoms with Crippen molar-refractivity contribution in [1.82, 2.24) is 13.9 Å². The second kappa shape index (κ2) is 9.15. The number of aryl methyl sites for hydroxylation is 2. The average molecular weight is 470 g/mol. The van der Waals surface area contributed by atoms with Gasteiger partial charge in [-0.05, 0) is 56.2 Å². The fourth-order valence-corrected chi connectivity index (χ4v) is 5.30. The van der Waals surface area contributed by atoms with Gasteiger partial charge in [0.1, 0.15) is 5.82 Å². The maximum Gasteiger partial charge on any atom is 0.242 e. The smallest absolute Gasteiger partial charge is 0.242 e. The standard InChI is InChI=1S/C24H31N5O3S/c1-5-28-14-13-17-7-8-18(15-22(17)28)25-24(30)12-11-23-26-20-16-19(33(31,32)27(3)4)9-10-21(20)29(23)6-2/h7-10,15-16H,5-6,11-14H2,1-4H3,(H,25,30). The monoisotopic (exact) mass is 469 g/mol. The summed E-state index contributed by atoms with van der Waals surface area (Å²) in [6.45, 7) is 6.81. The van der Waals surface area contributed by atoms with E-state index in [1.165, 1.54) is 29.7 Å². The number of carbonyl (C=O) groups excluding carboxylic acids is 1. The average Bonchev–Trinajstić information content (AvgIpc) is 3.36. The largest absolute Gasteiger partial charge is 0.371 e. The number of sulfonamides is 1. The molecule has 33 heavy (non-hydrogen) atoms. The maximum absolute atomic E-state index is 12.7. The summed E-state index contributed by atoms with van der Waals surface area (Å²) in [7, 11) is -0.515. The lowest BCUT2D eigenvalue weighted by atomic mass is 10.1. The fraction of sp³-hybridized carbons (Fsp3) is 0.417. The van der Waals surface area contributed by atoms with Crippen LogP contribution in [0.5, 0.6) is 0 Å². The molecule has 1 aromatic heterocycles. The summed E-state index contributed by atoms with van der Waals surface area (Å²) in [4.78, 5) is 19.9. The summed E-state index contributed by atoms with van der Waals surface area (Å²) in [6, 6.07) is 11.1. The highest BCUT2D eigenvalue weighted by Crippen LogP contribution is 2.30. The van der Waals surface area contributed by atoms with Crippen LogP contribution in [0.3, 0.4) is 0 Å². The molecular weight excluding hydrogens is 438 g/mol. The van der Waals surface area contributed by atoms with E-state index in [1.807, 2.05) is 17.6 Å². The highest BCUT2D eigenvalue weighted by molar-refractivity contribution is 7.89. The molecule has 0 bridgehead atoms. The molecule has 0 fully saturated rings. The number of anilines is 2. The molecule has 0 atom stereocenters. The lowest BCUT2D eigenvalue weighted by Crippen LogP contribution is -2.22. The second-order valence-electron chi connectivity index (χ2n) is 8.43. The van der Waals surface area contributed by atoms with Gasteiger partial charge < -0.3 is 14.8 Å². The third-order valence-corrected chi connectivity index (χ3v) is 8.02. The number of aromatic nitrogens is 2. The van der Waals surface area contributed by atoms with E-state index in [9.17, 15) is 13.2 Å². The first-order chi connectivity index (χ1) is 15.7. The highest BCUT2D eigenvalue weighted by Gasteiger charge is 2.20. The molecule has 0 saturated carbocycles. The van der Waals surface area contributed by atoms with E-state index in [2.05, 4.69) is 34.3 Å². The quantitative estimate of drug-likeness (QED) is 0.547. The van der Waals surface area contributed by atoms with E-state index in [0.29, 0.717) is 24.9 Å². The van der Waals surface area contributed by atoms with Gasteiger partial charge in [0.15, 0.2) is 0 Å². The van der Waals surface area contributed by atoms with Gasteiger partial charge in [0.05, 0.1) is 15.9 Å². The van der Waals surface area contributed by atoms with E-state index < -0.39 is 10.0 Å². The molecule has 2 aromatic carbocycles. The zero-order valence-electron chi connectivity index (χ0n) is 19.6. The number of nitrogens with one attached hydrogen (secondary N) is 1. The number of amides is 1. The fourth-order valence-electron chi connectivity index (χ4n) is 4.37. The van der Waals surface area contributed by atoms with Crippen molar-refractivity contribution in [3.8, 4) is 0 Å². The predicted octanol–water partition coefficient (Wildman–Crippen LogP) is 3.26. The topological polar surface area (TPSA) is 87.5 Å². The highest BCUT2D eigenvalue weighted by atomic mass is 32.2. The van der Waals surface area contributed by atoms with Crippen molar-refractivity contribution in [3.63, 3.8) is 0 Å². The van der Waals surface area contributed by atoms with E-state index in [4.69, 9.17) is 0 Å². The van der Waals surface area contributed by atoms with Gasteiger partial charge in [0, 0.05) is 57.9 Å². The Morgan fingerprint density at radius 3 is 2.61 bits per heavy atom. The molecule has 9 heteroatoms. The van der Waals surface area contributed by atoms with Gasteiger partial charge in [-0.1, -0.05) is 6.07 Å². The Morgan fingerprint density at radius 2 is 1.91 bits per heavy atom. The van der Waals surface area contributed by atoms with Crippen molar-refractivity contribution in [2.45, 2.75) is 44.6 Å². The summed E-state index contributed by atoms with van der Waals surface area (Å²) in [5, 5.41) is 3.01. The van der Waals surface area contributed by atoms with Crippen LogP contribution in [0.2, 0.25) is 0 Å². The Hall–Kier alpha value is -2.91. The minimum Gasteiger partial charge on any atom is -0.371 e. The summed E-state index contributed by atoms with van der Waals surface area (Å²) in [5.74, 6) is 0.703. The minimum absolute atomic E-state index is 0.0680. The molecule has 0 saturated heterocycles. The van der Waals surface area contributed by atoms with Crippen LogP contribution in [-0.2, 0) is 34.2 Å². The van der Waals surface area contributed by atoms with Gasteiger partial charge in [-0.2, -0.15) is 0 Å². The molecule has 1 N–H and O–H groups in total. The van der Waals surface area contributed by atoms with Gasteiger partial charge in [-0.3, -0.25) is 4.79 Å². The number of imidazole rings is 1. The first-order valence-electron chi connectivity index (χ1n) is 11.3. The zero-order valence-corrected chi connectivity index (χ0v) is 20.4. The van der Waals surface area contributed by atoms with Crippen LogP contribution in [0.25, 0.3) is 11.0 Å². The Morgan fingerprint density at radius 1 is 1.12 bits per heavy atom. The summed E-state index contributed by atoms with van der Waals surface area (Å²) in [5.41, 5.74) is 4.81. The lowest BCUT2D eigenvalue weighted by molar-refractivity contribution is -0.116. The Balaban J connectivity index is 1.49. The number of carbonyl (C=O) groups is 1. The molecule has 0 unspecified atom stereocenters. The van der Waals surface area contributed by atoms with Crippen molar-refractivity contribution in [1.29, 1.82) is 0 Å². The van der Waals surface area contributed by atoms with E-state index in [1.54, 1.807) is 18.2 Å². The number of benzene rings is 2. The molecule has 3 aromatic rings. The number of hydrogen-bond donors (Lipinski definition) is 1. The van der Waals surface area contributed by atoms with Crippen LogP contribution in [0.4, 0.5) is 11.4 Å².